The van der Waals surface area contributed by atoms with E-state index in [-0.39, 0.29) is 25.5 Å². The number of rotatable bonds is 10. The third-order valence-corrected chi connectivity index (χ3v) is 6.86. The van der Waals surface area contributed by atoms with Crippen LogP contribution in [0, 0.1) is 5.82 Å². The Morgan fingerprint density at radius 2 is 1.72 bits per heavy atom. The molecule has 36 heavy (non-hydrogen) atoms. The number of amides is 2. The smallest absolute Gasteiger partial charge is 0.368 e. The number of benzene rings is 1. The van der Waals surface area contributed by atoms with Gasteiger partial charge in [-0.1, -0.05) is 0 Å². The molecule has 1 N–H and O–H groups in total. The molecular formula is C22H21F7N2O5. The van der Waals surface area contributed by atoms with E-state index in [0.717, 1.165) is 11.0 Å². The molecule has 7 nitrogen and oxygen atoms in total. The molecule has 5 rings (SSSR count). The molecule has 0 unspecified atom stereocenters. The molecule has 0 spiro atoms. The summed E-state index contributed by atoms with van der Waals surface area (Å²) in [5.74, 6) is -2.69. The lowest BCUT2D eigenvalue weighted by Gasteiger charge is -2.72. The van der Waals surface area contributed by atoms with Gasteiger partial charge in [-0.25, -0.2) is 4.39 Å². The van der Waals surface area contributed by atoms with E-state index in [4.69, 9.17) is 4.74 Å². The average Bonchev–Trinajstić information content (AvgIpc) is 2.67. The molecule has 0 saturated heterocycles. The number of ketones is 1. The van der Waals surface area contributed by atoms with Crippen LogP contribution in [0.2, 0.25) is 0 Å². The Labute approximate surface area is 199 Å². The lowest BCUT2D eigenvalue weighted by atomic mass is 9.43. The second kappa shape index (κ2) is 8.98. The van der Waals surface area contributed by atoms with Crippen LogP contribution in [-0.2, 0) is 25.2 Å². The van der Waals surface area contributed by atoms with Crippen molar-refractivity contribution in [3.8, 4) is 0 Å². The predicted octanol–water partition coefficient (Wildman–Crippen LogP) is 3.36. The molecular weight excluding hydrogens is 505 g/mol. The summed E-state index contributed by atoms with van der Waals surface area (Å²) in [5, 5.41) is 2.76. The Kier molecular flexibility index (Phi) is 6.56. The zero-order valence-electron chi connectivity index (χ0n) is 18.5. The van der Waals surface area contributed by atoms with Gasteiger partial charge in [0, 0.05) is 23.9 Å². The number of halogens is 7. The Morgan fingerprint density at radius 1 is 1.08 bits per heavy atom. The van der Waals surface area contributed by atoms with Gasteiger partial charge >= 0.3 is 12.5 Å². The number of carbonyl (C=O) groups is 3. The third-order valence-electron chi connectivity index (χ3n) is 6.86. The minimum atomic E-state index is -4.77. The van der Waals surface area contributed by atoms with E-state index in [1.807, 2.05) is 0 Å². The van der Waals surface area contributed by atoms with E-state index >= 15 is 0 Å². The molecule has 0 aromatic heterocycles. The monoisotopic (exact) mass is 526 g/mol. The summed E-state index contributed by atoms with van der Waals surface area (Å²) in [6.45, 7) is -0.900. The number of Topliss-reactive ketones (excluding diaryl/α,β-unsaturated/α-hetero) is 1. The molecule has 4 aliphatic rings. The first kappa shape index (κ1) is 26.3. The van der Waals surface area contributed by atoms with Crippen molar-refractivity contribution in [2.45, 2.75) is 67.9 Å². The summed E-state index contributed by atoms with van der Waals surface area (Å²) in [6, 6.07) is 1.54. The quantitative estimate of drug-likeness (QED) is 0.287. The van der Waals surface area contributed by atoms with Crippen LogP contribution in [0.3, 0.4) is 0 Å². The fraction of sp³-hybridized carbons (Fsp3) is 0.591. The Balaban J connectivity index is 1.22. The SMILES string of the molecule is O=CN(CC(=O)c1ccc(C(F)(F)F)cc1F)C12CC(NC(=O)COC3CC(OC(F)(F)F)C3)(C1)C2. The fourth-order valence-electron chi connectivity index (χ4n) is 5.11. The van der Waals surface area contributed by atoms with Crippen molar-refractivity contribution in [3.63, 3.8) is 0 Å². The maximum Gasteiger partial charge on any atom is 0.522 e. The number of hydrogen-bond acceptors (Lipinski definition) is 5. The van der Waals surface area contributed by atoms with Gasteiger partial charge in [-0.2, -0.15) is 13.2 Å². The Morgan fingerprint density at radius 3 is 2.25 bits per heavy atom. The van der Waals surface area contributed by atoms with Crippen molar-refractivity contribution in [2.24, 2.45) is 0 Å². The normalized spacial score (nSPS) is 28.9. The fourth-order valence-corrected chi connectivity index (χ4v) is 5.11. The van der Waals surface area contributed by atoms with Gasteiger partial charge in [0.25, 0.3) is 0 Å². The van der Waals surface area contributed by atoms with Crippen LogP contribution >= 0.6 is 0 Å². The van der Waals surface area contributed by atoms with Crippen LogP contribution in [-0.4, -0.2) is 65.8 Å². The maximum atomic E-state index is 14.1. The van der Waals surface area contributed by atoms with E-state index in [1.165, 1.54) is 0 Å². The van der Waals surface area contributed by atoms with Gasteiger partial charge in [0.15, 0.2) is 5.78 Å². The number of alkyl halides is 6. The second-order valence-electron chi connectivity index (χ2n) is 9.52. The summed E-state index contributed by atoms with van der Waals surface area (Å²) < 4.78 is 97.7. The van der Waals surface area contributed by atoms with E-state index in [2.05, 4.69) is 10.1 Å². The minimum Gasteiger partial charge on any atom is -0.368 e. The number of carbonyl (C=O) groups excluding carboxylic acids is 3. The van der Waals surface area contributed by atoms with Crippen molar-refractivity contribution in [2.75, 3.05) is 13.2 Å². The summed E-state index contributed by atoms with van der Waals surface area (Å²) in [6.07, 6.45) is -9.62. The van der Waals surface area contributed by atoms with Gasteiger partial charge in [-0.05, 0) is 37.5 Å². The Bertz CT molecular complexity index is 1030. The zero-order valence-corrected chi connectivity index (χ0v) is 18.5. The number of hydrogen-bond donors (Lipinski definition) is 1. The average molecular weight is 526 g/mol. The molecule has 4 saturated carbocycles. The van der Waals surface area contributed by atoms with Crippen molar-refractivity contribution in [1.82, 2.24) is 10.2 Å². The largest absolute Gasteiger partial charge is 0.522 e. The molecule has 14 heteroatoms. The summed E-state index contributed by atoms with van der Waals surface area (Å²) in [7, 11) is 0. The first-order valence-electron chi connectivity index (χ1n) is 10.9. The number of nitrogens with zero attached hydrogens (tertiary/aromatic N) is 1. The summed E-state index contributed by atoms with van der Waals surface area (Å²) in [5.41, 5.74) is -3.16. The van der Waals surface area contributed by atoms with Crippen LogP contribution in [0.25, 0.3) is 0 Å². The maximum absolute atomic E-state index is 14.1. The molecule has 2 amide bonds. The summed E-state index contributed by atoms with van der Waals surface area (Å²) >= 11 is 0. The number of ether oxygens (including phenoxy) is 2. The van der Waals surface area contributed by atoms with Crippen LogP contribution in [0.4, 0.5) is 30.7 Å². The van der Waals surface area contributed by atoms with E-state index in [9.17, 15) is 45.1 Å². The lowest BCUT2D eigenvalue weighted by molar-refractivity contribution is -0.357. The first-order valence-corrected chi connectivity index (χ1v) is 10.9. The minimum absolute atomic E-state index is 0.0168. The highest BCUT2D eigenvalue weighted by Crippen LogP contribution is 2.63. The molecule has 4 aliphatic carbocycles. The molecule has 1 aromatic carbocycles. The van der Waals surface area contributed by atoms with Crippen molar-refractivity contribution in [1.29, 1.82) is 0 Å². The van der Waals surface area contributed by atoms with Gasteiger partial charge < -0.3 is 15.0 Å². The predicted molar refractivity (Wildman–Crippen MR) is 106 cm³/mol. The first-order chi connectivity index (χ1) is 16.6. The zero-order chi connectivity index (χ0) is 26.5. The number of nitrogens with one attached hydrogen (secondary N) is 1. The van der Waals surface area contributed by atoms with Gasteiger partial charge in [0.2, 0.25) is 12.3 Å². The molecule has 0 heterocycles. The van der Waals surface area contributed by atoms with Gasteiger partial charge in [0.05, 0.1) is 29.9 Å². The summed E-state index contributed by atoms with van der Waals surface area (Å²) in [4.78, 5) is 37.4. The molecule has 0 atom stereocenters. The van der Waals surface area contributed by atoms with Crippen molar-refractivity contribution >= 4 is 18.1 Å². The lowest BCUT2D eigenvalue weighted by Crippen LogP contribution is -2.84. The molecule has 1 aromatic rings. The van der Waals surface area contributed by atoms with Crippen LogP contribution in [0.5, 0.6) is 0 Å². The van der Waals surface area contributed by atoms with Crippen molar-refractivity contribution in [3.05, 3.63) is 35.1 Å². The molecule has 0 radical (unpaired) electrons. The highest BCUT2D eigenvalue weighted by molar-refractivity contribution is 5.98. The van der Waals surface area contributed by atoms with Crippen molar-refractivity contribution < 1.29 is 54.6 Å². The van der Waals surface area contributed by atoms with Gasteiger partial charge in [-0.15, -0.1) is 13.2 Å². The standard InChI is InChI=1S/C22H21F7N2O5/c23-16-3-12(21(24,25)26)1-2-15(16)17(33)6-31(11-32)20-8-19(9-20,10-20)30-18(34)7-35-13-4-14(5-13)36-22(27,28)29/h1-3,11,13-14H,4-10H2,(H,30,34). The van der Waals surface area contributed by atoms with Crippen LogP contribution in [0.1, 0.15) is 48.0 Å². The highest BCUT2D eigenvalue weighted by atomic mass is 19.4. The van der Waals surface area contributed by atoms with E-state index in [0.29, 0.717) is 31.7 Å². The topological polar surface area (TPSA) is 84.9 Å². The molecule has 4 fully saturated rings. The molecule has 2 bridgehead atoms. The highest BCUT2D eigenvalue weighted by Gasteiger charge is 2.71. The third kappa shape index (κ3) is 5.33. The van der Waals surface area contributed by atoms with Gasteiger partial charge in [0.1, 0.15) is 12.4 Å². The molecule has 0 aliphatic heterocycles. The second-order valence-corrected chi connectivity index (χ2v) is 9.52. The van der Waals surface area contributed by atoms with E-state index < -0.39 is 71.0 Å². The van der Waals surface area contributed by atoms with Crippen LogP contribution in [0.15, 0.2) is 18.2 Å². The van der Waals surface area contributed by atoms with E-state index in [1.54, 1.807) is 0 Å². The Hall–Kier alpha value is -2.74. The van der Waals surface area contributed by atoms with Crippen LogP contribution < -0.4 is 5.32 Å². The van der Waals surface area contributed by atoms with Gasteiger partial charge in [-0.3, -0.25) is 19.1 Å². The molecule has 198 valence electrons.